The van der Waals surface area contributed by atoms with Crippen LogP contribution in [0.3, 0.4) is 0 Å². The van der Waals surface area contributed by atoms with Crippen molar-refractivity contribution in [1.82, 2.24) is 0 Å². The highest BCUT2D eigenvalue weighted by atomic mass is 16.6. The van der Waals surface area contributed by atoms with Crippen molar-refractivity contribution in [3.63, 3.8) is 0 Å². The average Bonchev–Trinajstić information content (AvgIpc) is 3.19. The Bertz CT molecular complexity index is 994. The molecule has 2 N–H and O–H groups in total. The molecule has 3 atom stereocenters. The van der Waals surface area contributed by atoms with E-state index >= 15 is 0 Å². The Labute approximate surface area is 163 Å². The molecule has 3 unspecified atom stereocenters. The molecule has 2 aromatic carbocycles. The van der Waals surface area contributed by atoms with Crippen molar-refractivity contribution in [2.24, 2.45) is 15.3 Å². The van der Waals surface area contributed by atoms with Crippen LogP contribution in [0.2, 0.25) is 0 Å². The summed E-state index contributed by atoms with van der Waals surface area (Å²) in [5.41, 5.74) is 1.65. The van der Waals surface area contributed by atoms with Crippen molar-refractivity contribution >= 4 is 28.7 Å². The lowest BCUT2D eigenvalue weighted by Crippen LogP contribution is -2.43. The van der Waals surface area contributed by atoms with Crippen molar-refractivity contribution in [3.05, 3.63) is 64.7 Å². The fourth-order valence-corrected chi connectivity index (χ4v) is 2.99. The lowest BCUT2D eigenvalue weighted by Gasteiger charge is -2.19. The second kappa shape index (κ2) is 7.37. The summed E-state index contributed by atoms with van der Waals surface area (Å²) in [5.74, 6) is -0.792. The van der Waals surface area contributed by atoms with Crippen LogP contribution in [0.1, 0.15) is 0 Å². The molecule has 148 valence electrons. The summed E-state index contributed by atoms with van der Waals surface area (Å²) < 4.78 is 10.8. The van der Waals surface area contributed by atoms with Crippen molar-refractivity contribution in [1.29, 1.82) is 0 Å². The van der Waals surface area contributed by atoms with Crippen molar-refractivity contribution in [3.8, 4) is 0 Å². The molecule has 2 aliphatic rings. The highest BCUT2D eigenvalue weighted by Crippen LogP contribution is 2.39. The van der Waals surface area contributed by atoms with Gasteiger partial charge < -0.3 is 14.6 Å². The molecule has 2 fully saturated rings. The van der Waals surface area contributed by atoms with Gasteiger partial charge in [-0.2, -0.15) is 10.2 Å². The zero-order chi connectivity index (χ0) is 20.4. The number of aliphatic hydroxyl groups excluding tert-OH is 1. The molecule has 29 heavy (non-hydrogen) atoms. The van der Waals surface area contributed by atoms with Gasteiger partial charge in [0.2, 0.25) is 5.71 Å². The maximum absolute atomic E-state index is 12.3. The van der Waals surface area contributed by atoms with E-state index in [-0.39, 0.29) is 18.0 Å². The van der Waals surface area contributed by atoms with Gasteiger partial charge in [-0.1, -0.05) is 18.2 Å². The minimum absolute atomic E-state index is 0.0961. The van der Waals surface area contributed by atoms with Crippen molar-refractivity contribution < 1.29 is 24.3 Å². The van der Waals surface area contributed by atoms with Gasteiger partial charge in [0.05, 0.1) is 22.9 Å². The van der Waals surface area contributed by atoms with E-state index in [1.165, 1.54) is 24.3 Å². The molecule has 0 bridgehead atoms. The second-order valence-electron chi connectivity index (χ2n) is 6.31. The van der Waals surface area contributed by atoms with Crippen LogP contribution in [0.25, 0.3) is 0 Å². The standard InChI is InChI=1S/C18H15N5O6/c24-14-10-28-18(22-20-12-6-8-13(9-7-12)23(26)27)15(17(25)29-16(14)18)21-19-11-4-2-1-3-5-11/h1-9,14,16,19,24H,10H2/b21-15+,22-20?. The Kier molecular flexibility index (Phi) is 4.74. The maximum atomic E-state index is 12.3. The topological polar surface area (TPSA) is 148 Å². The monoisotopic (exact) mass is 397 g/mol. The fourth-order valence-electron chi connectivity index (χ4n) is 2.99. The number of nitro groups is 1. The molecule has 2 saturated heterocycles. The van der Waals surface area contributed by atoms with Gasteiger partial charge >= 0.3 is 5.97 Å². The van der Waals surface area contributed by atoms with E-state index < -0.39 is 28.8 Å². The number of hydrogen-bond acceptors (Lipinski definition) is 10. The third-order valence-electron chi connectivity index (χ3n) is 4.42. The highest BCUT2D eigenvalue weighted by molar-refractivity contribution is 6.42. The van der Waals surface area contributed by atoms with E-state index in [2.05, 4.69) is 20.8 Å². The number of carbonyl (C=O) groups is 1. The van der Waals surface area contributed by atoms with Gasteiger partial charge in [-0.15, -0.1) is 5.11 Å². The van der Waals surface area contributed by atoms with Crippen LogP contribution in [-0.4, -0.2) is 46.3 Å². The quantitative estimate of drug-likeness (QED) is 0.340. The normalized spacial score (nSPS) is 27.2. The van der Waals surface area contributed by atoms with Crippen LogP contribution in [-0.2, 0) is 14.3 Å². The number of non-ortho nitro benzene ring substituents is 1. The van der Waals surface area contributed by atoms with E-state index in [9.17, 15) is 20.0 Å². The largest absolute Gasteiger partial charge is 0.449 e. The number of azo groups is 1. The smallest absolute Gasteiger partial charge is 0.360 e. The molecule has 11 heteroatoms. The molecule has 2 aromatic rings. The second-order valence-corrected chi connectivity index (χ2v) is 6.31. The van der Waals surface area contributed by atoms with Crippen LogP contribution < -0.4 is 5.43 Å². The van der Waals surface area contributed by atoms with Gasteiger partial charge in [-0.05, 0) is 24.3 Å². The van der Waals surface area contributed by atoms with Crippen molar-refractivity contribution in [2.45, 2.75) is 17.9 Å². The van der Waals surface area contributed by atoms with Crippen molar-refractivity contribution in [2.75, 3.05) is 12.0 Å². The third kappa shape index (κ3) is 3.44. The number of fused-ring (bicyclic) bond motifs is 1. The molecule has 0 spiro atoms. The predicted octanol–water partition coefficient (Wildman–Crippen LogP) is 2.16. The van der Waals surface area contributed by atoms with Gasteiger partial charge in [0.15, 0.2) is 6.10 Å². The molecule has 2 aliphatic heterocycles. The van der Waals surface area contributed by atoms with E-state index in [4.69, 9.17) is 9.47 Å². The molecule has 4 rings (SSSR count). The number of benzene rings is 2. The summed E-state index contributed by atoms with van der Waals surface area (Å²) in [7, 11) is 0. The zero-order valence-electron chi connectivity index (χ0n) is 14.8. The molecule has 0 aromatic heterocycles. The van der Waals surface area contributed by atoms with Crippen LogP contribution in [0.4, 0.5) is 17.1 Å². The van der Waals surface area contributed by atoms with Crippen LogP contribution >= 0.6 is 0 Å². The number of hydrogen-bond donors (Lipinski definition) is 2. The van der Waals surface area contributed by atoms with E-state index in [0.29, 0.717) is 11.4 Å². The van der Waals surface area contributed by atoms with E-state index in [1.54, 1.807) is 24.3 Å². The highest BCUT2D eigenvalue weighted by Gasteiger charge is 2.64. The number of hydrazone groups is 1. The summed E-state index contributed by atoms with van der Waals surface area (Å²) in [4.78, 5) is 22.6. The summed E-state index contributed by atoms with van der Waals surface area (Å²) in [5, 5.41) is 33.1. The average molecular weight is 397 g/mol. The van der Waals surface area contributed by atoms with Gasteiger partial charge in [0.25, 0.3) is 11.4 Å². The summed E-state index contributed by atoms with van der Waals surface area (Å²) in [6, 6.07) is 14.2. The van der Waals surface area contributed by atoms with E-state index in [0.717, 1.165) is 0 Å². The van der Waals surface area contributed by atoms with E-state index in [1.807, 2.05) is 6.07 Å². The number of nitro benzene ring substituents is 1. The molecule has 0 aliphatic carbocycles. The van der Waals surface area contributed by atoms with Gasteiger partial charge in [0.1, 0.15) is 6.10 Å². The molecule has 0 amide bonds. The number of anilines is 1. The molecular weight excluding hydrogens is 382 g/mol. The zero-order valence-corrected chi connectivity index (χ0v) is 14.8. The van der Waals surface area contributed by atoms with Gasteiger partial charge in [-0.25, -0.2) is 4.79 Å². The van der Waals surface area contributed by atoms with Crippen LogP contribution in [0.5, 0.6) is 0 Å². The number of nitrogens with one attached hydrogen (secondary N) is 1. The first kappa shape index (κ1) is 18.7. The summed E-state index contributed by atoms with van der Waals surface area (Å²) >= 11 is 0. The number of nitrogens with zero attached hydrogens (tertiary/aromatic N) is 4. The number of para-hydroxylation sites is 1. The molecule has 11 nitrogen and oxygen atoms in total. The Hall–Kier alpha value is -3.70. The molecule has 0 radical (unpaired) electrons. The number of ether oxygens (including phenoxy) is 2. The number of aliphatic hydroxyl groups is 1. The minimum Gasteiger partial charge on any atom is -0.449 e. The SMILES string of the molecule is O=C1OC2C(O)COC2(N=Nc2ccc([N+](=O)[O-])cc2)/C1=N/Nc1ccccc1. The summed E-state index contributed by atoms with van der Waals surface area (Å²) in [6.45, 7) is -0.123. The Morgan fingerprint density at radius 3 is 2.59 bits per heavy atom. The number of carbonyl (C=O) groups excluding carboxylic acids is 1. The number of esters is 1. The first-order valence-electron chi connectivity index (χ1n) is 8.59. The Morgan fingerprint density at radius 1 is 1.17 bits per heavy atom. The number of rotatable bonds is 5. The van der Waals surface area contributed by atoms with Crippen LogP contribution in [0.15, 0.2) is 69.9 Å². The van der Waals surface area contributed by atoms with Gasteiger partial charge in [0, 0.05) is 12.1 Å². The molecule has 2 heterocycles. The fraction of sp³-hybridized carbons (Fsp3) is 0.222. The Balaban J connectivity index is 1.66. The lowest BCUT2D eigenvalue weighted by atomic mass is 10.0. The minimum atomic E-state index is -1.72. The van der Waals surface area contributed by atoms with Gasteiger partial charge in [-0.3, -0.25) is 15.5 Å². The summed E-state index contributed by atoms with van der Waals surface area (Å²) in [6.07, 6.45) is -2.20. The third-order valence-corrected chi connectivity index (χ3v) is 4.42. The first-order chi connectivity index (χ1) is 14.0. The Morgan fingerprint density at radius 2 is 1.90 bits per heavy atom. The maximum Gasteiger partial charge on any atom is 0.360 e. The first-order valence-corrected chi connectivity index (χ1v) is 8.59. The molecule has 0 saturated carbocycles. The molecular formula is C18H15N5O6. The van der Waals surface area contributed by atoms with Crippen LogP contribution in [0, 0.1) is 10.1 Å². The predicted molar refractivity (Wildman–Crippen MR) is 99.7 cm³/mol. The lowest BCUT2D eigenvalue weighted by molar-refractivity contribution is -0.384.